The van der Waals surface area contributed by atoms with Crippen molar-refractivity contribution in [3.63, 3.8) is 0 Å². The predicted molar refractivity (Wildman–Crippen MR) is 75.9 cm³/mol. The normalized spacial score (nSPS) is 11.4. The second-order valence-electron chi connectivity index (χ2n) is 4.26. The van der Waals surface area contributed by atoms with Crippen LogP contribution < -0.4 is 4.72 Å². The summed E-state index contributed by atoms with van der Waals surface area (Å²) in [7, 11) is -3.80. The fourth-order valence-corrected chi connectivity index (χ4v) is 2.88. The van der Waals surface area contributed by atoms with Crippen LogP contribution in [0.2, 0.25) is 5.02 Å². The van der Waals surface area contributed by atoms with E-state index in [0.29, 0.717) is 22.0 Å². The fraction of sp³-hybridized carbons (Fsp3) is 0.154. The Labute approximate surface area is 121 Å². The van der Waals surface area contributed by atoms with Gasteiger partial charge < -0.3 is 0 Å². The molecule has 0 spiro atoms. The lowest BCUT2D eigenvalue weighted by atomic mass is 10.2. The summed E-state index contributed by atoms with van der Waals surface area (Å²) in [5.74, 6) is -0.500. The molecule has 0 fully saturated rings. The van der Waals surface area contributed by atoms with E-state index in [0.717, 1.165) is 12.1 Å². The third-order valence-electron chi connectivity index (χ3n) is 2.81. The molecule has 1 heterocycles. The lowest BCUT2D eigenvalue weighted by molar-refractivity contribution is 0.599. The van der Waals surface area contributed by atoms with Crippen LogP contribution >= 0.6 is 11.6 Å². The Balaban J connectivity index is 2.38. The van der Waals surface area contributed by atoms with E-state index < -0.39 is 15.8 Å². The second-order valence-corrected chi connectivity index (χ2v) is 6.32. The SMILES string of the molecule is Cc1ncc(NS(=O)(=O)c2ccc(F)cc2)c(C)c1Cl. The van der Waals surface area contributed by atoms with E-state index in [1.165, 1.54) is 18.3 Å². The Hall–Kier alpha value is -1.66. The van der Waals surface area contributed by atoms with Crippen molar-refractivity contribution in [1.82, 2.24) is 4.98 Å². The number of aromatic nitrogens is 1. The van der Waals surface area contributed by atoms with Crippen molar-refractivity contribution in [1.29, 1.82) is 0 Å². The third kappa shape index (κ3) is 2.91. The van der Waals surface area contributed by atoms with Gasteiger partial charge in [0.2, 0.25) is 0 Å². The number of pyridine rings is 1. The van der Waals surface area contributed by atoms with E-state index in [1.807, 2.05) is 0 Å². The fourth-order valence-electron chi connectivity index (χ4n) is 1.62. The lowest BCUT2D eigenvalue weighted by Gasteiger charge is -2.12. The van der Waals surface area contributed by atoms with E-state index in [9.17, 15) is 12.8 Å². The summed E-state index contributed by atoms with van der Waals surface area (Å²) in [6.45, 7) is 3.42. The van der Waals surface area contributed by atoms with E-state index in [-0.39, 0.29) is 4.90 Å². The molecule has 0 radical (unpaired) electrons. The number of anilines is 1. The van der Waals surface area contributed by atoms with Crippen molar-refractivity contribution in [2.75, 3.05) is 4.72 Å². The first-order valence-corrected chi connectivity index (χ1v) is 7.57. The molecule has 0 saturated carbocycles. The number of nitrogens with zero attached hydrogens (tertiary/aromatic N) is 1. The minimum absolute atomic E-state index is 0.0324. The van der Waals surface area contributed by atoms with Crippen molar-refractivity contribution in [2.24, 2.45) is 0 Å². The molecule has 0 atom stereocenters. The maximum absolute atomic E-state index is 12.8. The highest BCUT2D eigenvalue weighted by molar-refractivity contribution is 7.92. The van der Waals surface area contributed by atoms with Crippen LogP contribution in [0.25, 0.3) is 0 Å². The number of nitrogens with one attached hydrogen (secondary N) is 1. The van der Waals surface area contributed by atoms with Crippen LogP contribution in [0.1, 0.15) is 11.3 Å². The largest absolute Gasteiger partial charge is 0.278 e. The highest BCUT2D eigenvalue weighted by atomic mass is 35.5. The number of hydrogen-bond acceptors (Lipinski definition) is 3. The van der Waals surface area contributed by atoms with Gasteiger partial charge in [-0.3, -0.25) is 9.71 Å². The predicted octanol–water partition coefficient (Wildman–Crippen LogP) is 3.29. The second kappa shape index (κ2) is 5.38. The maximum Gasteiger partial charge on any atom is 0.261 e. The van der Waals surface area contributed by atoms with E-state index >= 15 is 0 Å². The molecule has 0 aliphatic rings. The molecule has 106 valence electrons. The molecule has 1 aromatic carbocycles. The molecule has 2 aromatic rings. The smallest absolute Gasteiger partial charge is 0.261 e. The Kier molecular flexibility index (Phi) is 3.96. The summed E-state index contributed by atoms with van der Waals surface area (Å²) < 4.78 is 39.5. The van der Waals surface area contributed by atoms with Crippen molar-refractivity contribution < 1.29 is 12.8 Å². The first-order chi connectivity index (χ1) is 9.31. The molecule has 4 nitrogen and oxygen atoms in total. The lowest BCUT2D eigenvalue weighted by Crippen LogP contribution is -2.14. The minimum atomic E-state index is -3.80. The van der Waals surface area contributed by atoms with Gasteiger partial charge in [-0.2, -0.15) is 0 Å². The van der Waals surface area contributed by atoms with Gasteiger partial charge in [-0.1, -0.05) is 11.6 Å². The molecule has 0 unspecified atom stereocenters. The molecular formula is C13H12ClFN2O2S. The number of benzene rings is 1. The van der Waals surface area contributed by atoms with E-state index in [1.54, 1.807) is 13.8 Å². The van der Waals surface area contributed by atoms with Gasteiger partial charge in [-0.05, 0) is 43.7 Å². The molecule has 0 amide bonds. The molecule has 20 heavy (non-hydrogen) atoms. The van der Waals surface area contributed by atoms with Crippen LogP contribution in [0.15, 0.2) is 35.4 Å². The van der Waals surface area contributed by atoms with Crippen molar-refractivity contribution in [2.45, 2.75) is 18.7 Å². The van der Waals surface area contributed by atoms with Crippen LogP contribution in [-0.4, -0.2) is 13.4 Å². The molecule has 0 saturated heterocycles. The number of rotatable bonds is 3. The zero-order chi connectivity index (χ0) is 14.9. The Morgan fingerprint density at radius 3 is 2.40 bits per heavy atom. The van der Waals surface area contributed by atoms with Crippen LogP contribution in [0.5, 0.6) is 0 Å². The first kappa shape index (κ1) is 14.7. The van der Waals surface area contributed by atoms with Crippen LogP contribution in [0.4, 0.5) is 10.1 Å². The van der Waals surface area contributed by atoms with E-state index in [4.69, 9.17) is 11.6 Å². The Morgan fingerprint density at radius 1 is 1.20 bits per heavy atom. The van der Waals surface area contributed by atoms with Gasteiger partial charge in [-0.15, -0.1) is 0 Å². The average Bonchev–Trinajstić information content (AvgIpc) is 2.40. The standard InChI is InChI=1S/C13H12ClFN2O2S/c1-8-12(7-16-9(2)13(8)14)17-20(18,19)11-5-3-10(15)4-6-11/h3-7,17H,1-2H3. The number of halogens is 2. The van der Waals surface area contributed by atoms with Gasteiger partial charge >= 0.3 is 0 Å². The number of hydrogen-bond donors (Lipinski definition) is 1. The van der Waals surface area contributed by atoms with Gasteiger partial charge in [0, 0.05) is 0 Å². The topological polar surface area (TPSA) is 59.1 Å². The van der Waals surface area contributed by atoms with Gasteiger partial charge in [0.1, 0.15) is 5.82 Å². The summed E-state index contributed by atoms with van der Waals surface area (Å²) in [4.78, 5) is 3.98. The van der Waals surface area contributed by atoms with Crippen molar-refractivity contribution in [3.8, 4) is 0 Å². The molecule has 0 aliphatic carbocycles. The van der Waals surface area contributed by atoms with Crippen molar-refractivity contribution >= 4 is 27.3 Å². The van der Waals surface area contributed by atoms with Crippen molar-refractivity contribution in [3.05, 3.63) is 52.6 Å². The zero-order valence-corrected chi connectivity index (χ0v) is 12.4. The molecular weight excluding hydrogens is 303 g/mol. The van der Waals surface area contributed by atoms with Crippen LogP contribution in [-0.2, 0) is 10.0 Å². The van der Waals surface area contributed by atoms with Crippen LogP contribution in [0.3, 0.4) is 0 Å². The summed E-state index contributed by atoms with van der Waals surface area (Å²) in [6, 6.07) is 4.55. The molecule has 1 aromatic heterocycles. The average molecular weight is 315 g/mol. The molecule has 1 N–H and O–H groups in total. The van der Waals surface area contributed by atoms with Gasteiger partial charge in [-0.25, -0.2) is 12.8 Å². The summed E-state index contributed by atoms with van der Waals surface area (Å²) >= 11 is 6.03. The van der Waals surface area contributed by atoms with Gasteiger partial charge in [0.05, 0.1) is 27.5 Å². The number of sulfonamides is 1. The van der Waals surface area contributed by atoms with Crippen LogP contribution in [0, 0.1) is 19.7 Å². The monoisotopic (exact) mass is 314 g/mol. The maximum atomic E-state index is 12.8. The van der Waals surface area contributed by atoms with Gasteiger partial charge in [0.25, 0.3) is 10.0 Å². The first-order valence-electron chi connectivity index (χ1n) is 5.71. The quantitative estimate of drug-likeness (QED) is 0.945. The molecule has 0 bridgehead atoms. The third-order valence-corrected chi connectivity index (χ3v) is 4.74. The number of aryl methyl sites for hydroxylation is 1. The molecule has 0 aliphatic heterocycles. The highest BCUT2D eigenvalue weighted by Gasteiger charge is 2.17. The Bertz CT molecular complexity index is 746. The summed E-state index contributed by atoms with van der Waals surface area (Å²) in [5, 5.41) is 0.407. The Morgan fingerprint density at radius 2 is 1.80 bits per heavy atom. The van der Waals surface area contributed by atoms with Gasteiger partial charge in [0.15, 0.2) is 0 Å². The minimum Gasteiger partial charge on any atom is -0.278 e. The highest BCUT2D eigenvalue weighted by Crippen LogP contribution is 2.26. The molecule has 7 heteroatoms. The zero-order valence-electron chi connectivity index (χ0n) is 10.8. The summed E-state index contributed by atoms with van der Waals surface area (Å²) in [5.41, 5.74) is 1.50. The van der Waals surface area contributed by atoms with E-state index in [2.05, 4.69) is 9.71 Å². The summed E-state index contributed by atoms with van der Waals surface area (Å²) in [6.07, 6.45) is 1.40. The molecule has 2 rings (SSSR count).